The van der Waals surface area contributed by atoms with Gasteiger partial charge in [-0.05, 0) is 36.5 Å². The zero-order valence-electron chi connectivity index (χ0n) is 12.9. The zero-order chi connectivity index (χ0) is 15.6. The summed E-state index contributed by atoms with van der Waals surface area (Å²) in [6.45, 7) is 1.15. The molecule has 0 saturated carbocycles. The van der Waals surface area contributed by atoms with Crippen molar-refractivity contribution in [2.24, 2.45) is 0 Å². The molecule has 2 aromatic rings. The lowest BCUT2D eigenvalue weighted by atomic mass is 10.00. The molecule has 0 saturated heterocycles. The Morgan fingerprint density at radius 1 is 0.864 bits per heavy atom. The Labute approximate surface area is 132 Å². The molecule has 1 atom stereocenters. The van der Waals surface area contributed by atoms with E-state index in [2.05, 4.69) is 17.4 Å². The normalized spacial score (nSPS) is 12.1. The molecule has 2 rings (SSSR count). The summed E-state index contributed by atoms with van der Waals surface area (Å²) < 4.78 is 0. The van der Waals surface area contributed by atoms with Crippen LogP contribution in [0, 0.1) is 0 Å². The number of unbranched alkanes of at least 4 members (excludes halogenated alkanes) is 2. The largest absolute Gasteiger partial charge is 0.396 e. The molecule has 2 aromatic carbocycles. The Morgan fingerprint density at radius 3 is 2.36 bits per heavy atom. The van der Waals surface area contributed by atoms with Crippen molar-refractivity contribution < 1.29 is 10.2 Å². The van der Waals surface area contributed by atoms with Crippen LogP contribution < -0.4 is 5.32 Å². The van der Waals surface area contributed by atoms with E-state index >= 15 is 0 Å². The van der Waals surface area contributed by atoms with Crippen LogP contribution in [0.25, 0.3) is 0 Å². The predicted octanol–water partition coefficient (Wildman–Crippen LogP) is 3.54. The Kier molecular flexibility index (Phi) is 6.94. The summed E-state index contributed by atoms with van der Waals surface area (Å²) in [5, 5.41) is 22.6. The third kappa shape index (κ3) is 5.17. The molecule has 118 valence electrons. The minimum atomic E-state index is -0.487. The van der Waals surface area contributed by atoms with E-state index in [0.29, 0.717) is 6.42 Å². The smallest absolute Gasteiger partial charge is 0.0831 e. The molecule has 0 fully saturated rings. The molecule has 0 aliphatic carbocycles. The van der Waals surface area contributed by atoms with Gasteiger partial charge in [-0.15, -0.1) is 0 Å². The molecule has 0 amide bonds. The number of anilines is 1. The van der Waals surface area contributed by atoms with Crippen LogP contribution in [-0.2, 0) is 6.42 Å². The highest BCUT2D eigenvalue weighted by molar-refractivity contribution is 5.51. The second-order valence-electron chi connectivity index (χ2n) is 5.50. The van der Waals surface area contributed by atoms with Gasteiger partial charge in [0.1, 0.15) is 0 Å². The fourth-order valence-electron chi connectivity index (χ4n) is 2.51. The van der Waals surface area contributed by atoms with Crippen LogP contribution in [0.15, 0.2) is 54.6 Å². The van der Waals surface area contributed by atoms with Gasteiger partial charge < -0.3 is 15.5 Å². The topological polar surface area (TPSA) is 52.5 Å². The van der Waals surface area contributed by atoms with Crippen molar-refractivity contribution in [3.05, 3.63) is 65.7 Å². The Hall–Kier alpha value is -1.84. The van der Waals surface area contributed by atoms with Gasteiger partial charge in [0.15, 0.2) is 0 Å². The van der Waals surface area contributed by atoms with Gasteiger partial charge in [-0.1, -0.05) is 48.5 Å². The van der Waals surface area contributed by atoms with Gasteiger partial charge in [0, 0.05) is 25.3 Å². The van der Waals surface area contributed by atoms with Crippen molar-refractivity contribution in [2.75, 3.05) is 18.5 Å². The van der Waals surface area contributed by atoms with Crippen LogP contribution >= 0.6 is 0 Å². The Morgan fingerprint density at radius 2 is 1.59 bits per heavy atom. The van der Waals surface area contributed by atoms with Crippen molar-refractivity contribution in [2.45, 2.75) is 31.8 Å². The monoisotopic (exact) mass is 299 g/mol. The van der Waals surface area contributed by atoms with E-state index in [1.54, 1.807) is 0 Å². The summed E-state index contributed by atoms with van der Waals surface area (Å²) in [6, 6.07) is 17.9. The Bertz CT molecular complexity index is 542. The molecule has 0 radical (unpaired) electrons. The van der Waals surface area contributed by atoms with Gasteiger partial charge in [0.05, 0.1) is 6.10 Å². The van der Waals surface area contributed by atoms with E-state index in [0.717, 1.165) is 42.6 Å². The van der Waals surface area contributed by atoms with Crippen LogP contribution in [0.2, 0.25) is 0 Å². The lowest BCUT2D eigenvalue weighted by Gasteiger charge is -2.15. The van der Waals surface area contributed by atoms with Crippen molar-refractivity contribution in [3.8, 4) is 0 Å². The van der Waals surface area contributed by atoms with Gasteiger partial charge in [0.2, 0.25) is 0 Å². The Balaban J connectivity index is 1.93. The second-order valence-corrected chi connectivity index (χ2v) is 5.50. The SMILES string of the molecule is OCCCCCNc1ccccc1CC(O)c1ccccc1. The zero-order valence-corrected chi connectivity index (χ0v) is 12.9. The summed E-state index contributed by atoms with van der Waals surface area (Å²) in [6.07, 6.45) is 3.03. The highest BCUT2D eigenvalue weighted by atomic mass is 16.3. The first-order valence-corrected chi connectivity index (χ1v) is 7.97. The first-order chi connectivity index (χ1) is 10.8. The van der Waals surface area contributed by atoms with E-state index in [-0.39, 0.29) is 6.61 Å². The number of para-hydroxylation sites is 1. The summed E-state index contributed by atoms with van der Waals surface area (Å²) in [7, 11) is 0. The maximum atomic E-state index is 10.4. The molecule has 1 unspecified atom stereocenters. The lowest BCUT2D eigenvalue weighted by molar-refractivity contribution is 0.178. The molecule has 3 heteroatoms. The third-order valence-electron chi connectivity index (χ3n) is 3.77. The van der Waals surface area contributed by atoms with E-state index in [1.165, 1.54) is 0 Å². The van der Waals surface area contributed by atoms with E-state index in [1.807, 2.05) is 42.5 Å². The van der Waals surface area contributed by atoms with Gasteiger partial charge in [-0.3, -0.25) is 0 Å². The fraction of sp³-hybridized carbons (Fsp3) is 0.368. The van der Waals surface area contributed by atoms with Gasteiger partial charge in [0.25, 0.3) is 0 Å². The van der Waals surface area contributed by atoms with Crippen LogP contribution in [0.1, 0.15) is 36.5 Å². The molecule has 0 aliphatic rings. The number of rotatable bonds is 9. The molecule has 22 heavy (non-hydrogen) atoms. The van der Waals surface area contributed by atoms with Crippen molar-refractivity contribution in [1.29, 1.82) is 0 Å². The third-order valence-corrected chi connectivity index (χ3v) is 3.77. The first kappa shape index (κ1) is 16.5. The van der Waals surface area contributed by atoms with Gasteiger partial charge >= 0.3 is 0 Å². The fourth-order valence-corrected chi connectivity index (χ4v) is 2.51. The van der Waals surface area contributed by atoms with Gasteiger partial charge in [-0.2, -0.15) is 0 Å². The molecule has 0 aliphatic heterocycles. The highest BCUT2D eigenvalue weighted by Crippen LogP contribution is 2.23. The van der Waals surface area contributed by atoms with Crippen molar-refractivity contribution in [1.82, 2.24) is 0 Å². The molecule has 0 heterocycles. The molecule has 0 bridgehead atoms. The number of hydrogen-bond acceptors (Lipinski definition) is 3. The molecule has 3 N–H and O–H groups in total. The molecule has 3 nitrogen and oxygen atoms in total. The van der Waals surface area contributed by atoms with E-state index in [9.17, 15) is 5.11 Å². The number of hydrogen-bond donors (Lipinski definition) is 3. The van der Waals surface area contributed by atoms with E-state index < -0.39 is 6.10 Å². The minimum absolute atomic E-state index is 0.264. The van der Waals surface area contributed by atoms with Gasteiger partial charge in [-0.25, -0.2) is 0 Å². The van der Waals surface area contributed by atoms with Crippen molar-refractivity contribution >= 4 is 5.69 Å². The quantitative estimate of drug-likeness (QED) is 0.621. The summed E-state index contributed by atoms with van der Waals surface area (Å²) in [5.41, 5.74) is 3.16. The maximum Gasteiger partial charge on any atom is 0.0831 e. The molecular weight excluding hydrogens is 274 g/mol. The average molecular weight is 299 g/mol. The standard InChI is InChI=1S/C19H25NO2/c21-14-8-2-7-13-20-18-12-6-5-11-17(18)15-19(22)16-9-3-1-4-10-16/h1,3-6,9-12,19-22H,2,7-8,13-15H2. The summed E-state index contributed by atoms with van der Waals surface area (Å²) in [4.78, 5) is 0. The molecular formula is C19H25NO2. The molecule has 0 aromatic heterocycles. The van der Waals surface area contributed by atoms with Crippen molar-refractivity contribution in [3.63, 3.8) is 0 Å². The average Bonchev–Trinajstić information content (AvgIpc) is 2.57. The summed E-state index contributed by atoms with van der Waals surface area (Å²) in [5.74, 6) is 0. The lowest BCUT2D eigenvalue weighted by Crippen LogP contribution is -2.07. The molecule has 0 spiro atoms. The number of aliphatic hydroxyl groups is 2. The predicted molar refractivity (Wildman–Crippen MR) is 91.0 cm³/mol. The number of aliphatic hydroxyl groups excluding tert-OH is 2. The summed E-state index contributed by atoms with van der Waals surface area (Å²) >= 11 is 0. The minimum Gasteiger partial charge on any atom is -0.396 e. The van der Waals surface area contributed by atoms with Crippen LogP contribution in [0.4, 0.5) is 5.69 Å². The number of nitrogens with one attached hydrogen (secondary N) is 1. The van der Waals surface area contributed by atoms with E-state index in [4.69, 9.17) is 5.11 Å². The first-order valence-electron chi connectivity index (χ1n) is 7.97. The highest BCUT2D eigenvalue weighted by Gasteiger charge is 2.10. The second kappa shape index (κ2) is 9.23. The van der Waals surface area contributed by atoms with Crippen LogP contribution in [0.5, 0.6) is 0 Å². The van der Waals surface area contributed by atoms with Crippen LogP contribution in [0.3, 0.4) is 0 Å². The number of benzene rings is 2. The van der Waals surface area contributed by atoms with Crippen LogP contribution in [-0.4, -0.2) is 23.4 Å². The maximum absolute atomic E-state index is 10.4.